The van der Waals surface area contributed by atoms with Crippen molar-refractivity contribution >= 4 is 21.6 Å². The normalized spacial score (nSPS) is 20.3. The highest BCUT2D eigenvalue weighted by molar-refractivity contribution is 7.89. The van der Waals surface area contributed by atoms with Crippen LogP contribution in [-0.2, 0) is 21.2 Å². The molecule has 2 aliphatic heterocycles. The summed E-state index contributed by atoms with van der Waals surface area (Å²) in [7, 11) is -3.68. The van der Waals surface area contributed by atoms with Crippen LogP contribution in [0.15, 0.2) is 33.7 Å². The first-order valence-corrected chi connectivity index (χ1v) is 11.8. The van der Waals surface area contributed by atoms with Crippen molar-refractivity contribution in [3.05, 3.63) is 41.3 Å². The predicted molar refractivity (Wildman–Crippen MR) is 113 cm³/mol. The fourth-order valence-electron chi connectivity index (χ4n) is 4.40. The van der Waals surface area contributed by atoms with Gasteiger partial charge in [0, 0.05) is 37.9 Å². The van der Waals surface area contributed by atoms with Crippen molar-refractivity contribution in [3.8, 4) is 0 Å². The number of carbonyl (C=O) groups is 1. The SMILES string of the molecule is Cc1noc(C)c1S(=O)(=O)N1CCN(C(=O)CN2c3ccccc3CCC2C)CC1. The lowest BCUT2D eigenvalue weighted by molar-refractivity contribution is -0.131. The predicted octanol–water partition coefficient (Wildman–Crippen LogP) is 1.97. The van der Waals surface area contributed by atoms with Crippen LogP contribution in [0.5, 0.6) is 0 Å². The Labute approximate surface area is 177 Å². The number of piperazine rings is 1. The molecule has 1 saturated heterocycles. The molecule has 1 aromatic carbocycles. The number of anilines is 1. The molecular weight excluding hydrogens is 404 g/mol. The second-order valence-electron chi connectivity index (χ2n) is 8.08. The van der Waals surface area contributed by atoms with E-state index in [9.17, 15) is 13.2 Å². The molecule has 0 saturated carbocycles. The van der Waals surface area contributed by atoms with Gasteiger partial charge in [0.15, 0.2) is 5.76 Å². The van der Waals surface area contributed by atoms with E-state index in [-0.39, 0.29) is 23.9 Å². The van der Waals surface area contributed by atoms with Gasteiger partial charge in [-0.15, -0.1) is 0 Å². The molecule has 0 radical (unpaired) electrons. The number of para-hydroxylation sites is 1. The van der Waals surface area contributed by atoms with E-state index in [2.05, 4.69) is 29.1 Å². The standard InChI is InChI=1S/C21H28N4O4S/c1-15-8-9-18-6-4-5-7-19(18)25(15)14-20(26)23-10-12-24(13-11-23)30(27,28)21-16(2)22-29-17(21)3/h4-7,15H,8-14H2,1-3H3. The van der Waals surface area contributed by atoms with Gasteiger partial charge in [0.25, 0.3) is 0 Å². The highest BCUT2D eigenvalue weighted by Gasteiger charge is 2.35. The first kappa shape index (κ1) is 20.9. The summed E-state index contributed by atoms with van der Waals surface area (Å²) in [6, 6.07) is 8.54. The Morgan fingerprint density at radius 1 is 1.17 bits per heavy atom. The molecule has 0 spiro atoms. The van der Waals surface area contributed by atoms with Gasteiger partial charge < -0.3 is 14.3 Å². The number of carbonyl (C=O) groups excluding carboxylic acids is 1. The summed E-state index contributed by atoms with van der Waals surface area (Å²) < 4.78 is 32.4. The Kier molecular flexibility index (Phi) is 5.59. The van der Waals surface area contributed by atoms with E-state index < -0.39 is 10.0 Å². The molecule has 8 nitrogen and oxygen atoms in total. The number of aromatic nitrogens is 1. The molecule has 1 fully saturated rings. The number of sulfonamides is 1. The molecular formula is C21H28N4O4S. The van der Waals surface area contributed by atoms with E-state index in [1.165, 1.54) is 9.87 Å². The third kappa shape index (κ3) is 3.72. The molecule has 1 aromatic heterocycles. The van der Waals surface area contributed by atoms with E-state index in [4.69, 9.17) is 4.52 Å². The maximum absolute atomic E-state index is 13.0. The van der Waals surface area contributed by atoms with E-state index in [1.54, 1.807) is 18.7 Å². The molecule has 3 heterocycles. The summed E-state index contributed by atoms with van der Waals surface area (Å²) in [5.41, 5.74) is 2.77. The smallest absolute Gasteiger partial charge is 0.248 e. The van der Waals surface area contributed by atoms with Gasteiger partial charge in [-0.3, -0.25) is 4.79 Å². The molecule has 0 bridgehead atoms. The maximum atomic E-state index is 13.0. The van der Waals surface area contributed by atoms with E-state index in [1.807, 2.05) is 12.1 Å². The number of amides is 1. The molecule has 4 rings (SSSR count). The number of nitrogens with zero attached hydrogens (tertiary/aromatic N) is 4. The van der Waals surface area contributed by atoms with Gasteiger partial charge in [-0.05, 0) is 45.2 Å². The fraction of sp³-hybridized carbons (Fsp3) is 0.524. The average molecular weight is 433 g/mol. The third-order valence-electron chi connectivity index (χ3n) is 6.13. The topological polar surface area (TPSA) is 87.0 Å². The van der Waals surface area contributed by atoms with Gasteiger partial charge >= 0.3 is 0 Å². The van der Waals surface area contributed by atoms with Crippen LogP contribution in [0.3, 0.4) is 0 Å². The van der Waals surface area contributed by atoms with Gasteiger partial charge in [0.1, 0.15) is 10.6 Å². The Morgan fingerprint density at radius 2 is 1.87 bits per heavy atom. The Morgan fingerprint density at radius 3 is 2.53 bits per heavy atom. The zero-order valence-corrected chi connectivity index (χ0v) is 18.5. The monoisotopic (exact) mass is 432 g/mol. The van der Waals surface area contributed by atoms with Crippen LogP contribution < -0.4 is 4.90 Å². The van der Waals surface area contributed by atoms with Crippen LogP contribution in [0.1, 0.15) is 30.4 Å². The lowest BCUT2D eigenvalue weighted by Gasteiger charge is -2.39. The molecule has 1 amide bonds. The van der Waals surface area contributed by atoms with Crippen LogP contribution >= 0.6 is 0 Å². The number of hydrogen-bond donors (Lipinski definition) is 0. The number of fused-ring (bicyclic) bond motifs is 1. The van der Waals surface area contributed by atoms with Crippen LogP contribution in [0.25, 0.3) is 0 Å². The zero-order valence-electron chi connectivity index (χ0n) is 17.7. The van der Waals surface area contributed by atoms with E-state index >= 15 is 0 Å². The molecule has 0 aliphatic carbocycles. The molecule has 0 N–H and O–H groups in total. The highest BCUT2D eigenvalue weighted by Crippen LogP contribution is 2.30. The van der Waals surface area contributed by atoms with Gasteiger partial charge in [0.2, 0.25) is 15.9 Å². The summed E-state index contributed by atoms with van der Waals surface area (Å²) >= 11 is 0. The summed E-state index contributed by atoms with van der Waals surface area (Å²) in [6.45, 7) is 6.99. The minimum absolute atomic E-state index is 0.0351. The average Bonchev–Trinajstić information content (AvgIpc) is 3.09. The first-order valence-electron chi connectivity index (χ1n) is 10.3. The van der Waals surface area contributed by atoms with E-state index in [0.29, 0.717) is 37.1 Å². The highest BCUT2D eigenvalue weighted by atomic mass is 32.2. The van der Waals surface area contributed by atoms with Crippen LogP contribution in [0.4, 0.5) is 5.69 Å². The van der Waals surface area contributed by atoms with Gasteiger partial charge in [-0.2, -0.15) is 4.31 Å². The minimum Gasteiger partial charge on any atom is -0.360 e. The van der Waals surface area contributed by atoms with E-state index in [0.717, 1.165) is 18.5 Å². The summed E-state index contributed by atoms with van der Waals surface area (Å²) in [6.07, 6.45) is 2.05. The van der Waals surface area contributed by atoms with Crippen molar-refractivity contribution < 1.29 is 17.7 Å². The Balaban J connectivity index is 1.42. The summed E-state index contributed by atoms with van der Waals surface area (Å²) in [5, 5.41) is 3.76. The Bertz CT molecular complexity index is 1020. The number of hydrogen-bond acceptors (Lipinski definition) is 6. The molecule has 1 unspecified atom stereocenters. The molecule has 2 aromatic rings. The summed E-state index contributed by atoms with van der Waals surface area (Å²) in [4.78, 5) is 17.1. The lowest BCUT2D eigenvalue weighted by atomic mass is 9.96. The second kappa shape index (κ2) is 8.03. The van der Waals surface area contributed by atoms with Crippen molar-refractivity contribution in [2.24, 2.45) is 0 Å². The number of aryl methyl sites for hydroxylation is 3. The minimum atomic E-state index is -3.68. The summed E-state index contributed by atoms with van der Waals surface area (Å²) in [5.74, 6) is 0.330. The van der Waals surface area contributed by atoms with Crippen molar-refractivity contribution in [1.82, 2.24) is 14.4 Å². The second-order valence-corrected chi connectivity index (χ2v) is 9.96. The molecule has 9 heteroatoms. The van der Waals surface area contributed by atoms with Crippen molar-refractivity contribution in [2.45, 2.75) is 44.6 Å². The fourth-order valence-corrected chi connectivity index (χ4v) is 6.11. The van der Waals surface area contributed by atoms with Crippen LogP contribution in [0, 0.1) is 13.8 Å². The Hall–Kier alpha value is -2.39. The lowest BCUT2D eigenvalue weighted by Crippen LogP contribution is -2.53. The van der Waals surface area contributed by atoms with Gasteiger partial charge in [-0.1, -0.05) is 23.4 Å². The van der Waals surface area contributed by atoms with Crippen LogP contribution in [0.2, 0.25) is 0 Å². The number of benzene rings is 1. The maximum Gasteiger partial charge on any atom is 0.248 e. The number of rotatable bonds is 4. The third-order valence-corrected chi connectivity index (χ3v) is 8.27. The zero-order chi connectivity index (χ0) is 21.5. The van der Waals surface area contributed by atoms with Gasteiger partial charge in [-0.25, -0.2) is 8.42 Å². The first-order chi connectivity index (χ1) is 14.3. The van der Waals surface area contributed by atoms with Crippen molar-refractivity contribution in [1.29, 1.82) is 0 Å². The molecule has 30 heavy (non-hydrogen) atoms. The van der Waals surface area contributed by atoms with Crippen LogP contribution in [-0.4, -0.2) is 67.5 Å². The molecule has 1 atom stereocenters. The molecule has 2 aliphatic rings. The molecule has 162 valence electrons. The quantitative estimate of drug-likeness (QED) is 0.734. The van der Waals surface area contributed by atoms with Crippen molar-refractivity contribution in [3.63, 3.8) is 0 Å². The van der Waals surface area contributed by atoms with Gasteiger partial charge in [0.05, 0.1) is 6.54 Å². The largest absolute Gasteiger partial charge is 0.360 e. The van der Waals surface area contributed by atoms with Crippen molar-refractivity contribution in [2.75, 3.05) is 37.6 Å².